The molecule has 0 unspecified atom stereocenters. The van der Waals surface area contributed by atoms with Crippen LogP contribution in [-0.2, 0) is 14.9 Å². The summed E-state index contributed by atoms with van der Waals surface area (Å²) in [7, 11) is 1.34. The second-order valence-corrected chi connectivity index (χ2v) is 5.11. The van der Waals surface area contributed by atoms with Crippen LogP contribution in [0.15, 0.2) is 54.9 Å². The molecule has 1 heterocycles. The van der Waals surface area contributed by atoms with Crippen LogP contribution in [0.4, 0.5) is 0 Å². The molecule has 0 aliphatic carbocycles. The third-order valence-corrected chi connectivity index (χ3v) is 3.59. The summed E-state index contributed by atoms with van der Waals surface area (Å²) in [5, 5.41) is 2.79. The maximum atomic E-state index is 12.2. The van der Waals surface area contributed by atoms with Crippen molar-refractivity contribution >= 4 is 11.9 Å². The van der Waals surface area contributed by atoms with Crippen LogP contribution in [0.25, 0.3) is 0 Å². The molecule has 0 aliphatic rings. The predicted octanol–water partition coefficient (Wildman–Crippen LogP) is 1.94. The zero-order valence-electron chi connectivity index (χ0n) is 12.6. The SMILES string of the molecule is COC(=O)[C@@](C)(CNC(=O)c1ccncc1)c1ccccc1. The Morgan fingerprint density at radius 3 is 2.36 bits per heavy atom. The summed E-state index contributed by atoms with van der Waals surface area (Å²) in [4.78, 5) is 28.2. The van der Waals surface area contributed by atoms with Crippen LogP contribution in [0.3, 0.4) is 0 Å². The summed E-state index contributed by atoms with van der Waals surface area (Å²) < 4.78 is 4.91. The van der Waals surface area contributed by atoms with E-state index in [9.17, 15) is 9.59 Å². The van der Waals surface area contributed by atoms with Crippen LogP contribution in [0.1, 0.15) is 22.8 Å². The van der Waals surface area contributed by atoms with Crippen LogP contribution in [0, 0.1) is 0 Å². The van der Waals surface area contributed by atoms with Gasteiger partial charge in [-0.25, -0.2) is 0 Å². The number of hydrogen-bond donors (Lipinski definition) is 1. The normalized spacial score (nSPS) is 13.0. The molecular weight excluding hydrogens is 280 g/mol. The van der Waals surface area contributed by atoms with Crippen molar-refractivity contribution in [3.8, 4) is 0 Å². The molecule has 1 aromatic heterocycles. The molecule has 0 radical (unpaired) electrons. The number of rotatable bonds is 5. The highest BCUT2D eigenvalue weighted by molar-refractivity contribution is 5.94. The number of methoxy groups -OCH3 is 1. The fourth-order valence-electron chi connectivity index (χ4n) is 2.19. The lowest BCUT2D eigenvalue weighted by Gasteiger charge is -2.27. The van der Waals surface area contributed by atoms with Crippen molar-refractivity contribution < 1.29 is 14.3 Å². The highest BCUT2D eigenvalue weighted by Crippen LogP contribution is 2.24. The minimum absolute atomic E-state index is 0.144. The zero-order valence-corrected chi connectivity index (χ0v) is 12.6. The van der Waals surface area contributed by atoms with Crippen LogP contribution < -0.4 is 5.32 Å². The van der Waals surface area contributed by atoms with Crippen LogP contribution in [0.5, 0.6) is 0 Å². The maximum absolute atomic E-state index is 12.2. The van der Waals surface area contributed by atoms with E-state index in [1.807, 2.05) is 30.3 Å². The van der Waals surface area contributed by atoms with Crippen molar-refractivity contribution in [3.63, 3.8) is 0 Å². The van der Waals surface area contributed by atoms with E-state index in [4.69, 9.17) is 4.74 Å². The van der Waals surface area contributed by atoms with E-state index in [2.05, 4.69) is 10.3 Å². The van der Waals surface area contributed by atoms with Crippen molar-refractivity contribution in [1.82, 2.24) is 10.3 Å². The Labute approximate surface area is 129 Å². The van der Waals surface area contributed by atoms with Gasteiger partial charge in [0.05, 0.1) is 7.11 Å². The minimum Gasteiger partial charge on any atom is -0.468 e. The van der Waals surface area contributed by atoms with Gasteiger partial charge in [0.25, 0.3) is 5.91 Å². The Bertz CT molecular complexity index is 643. The van der Waals surface area contributed by atoms with Crippen LogP contribution in [0.2, 0.25) is 0 Å². The summed E-state index contributed by atoms with van der Waals surface area (Å²) in [5.74, 6) is -0.651. The maximum Gasteiger partial charge on any atom is 0.317 e. The quantitative estimate of drug-likeness (QED) is 0.857. The second-order valence-electron chi connectivity index (χ2n) is 5.11. The van der Waals surface area contributed by atoms with E-state index in [0.717, 1.165) is 5.56 Å². The van der Waals surface area contributed by atoms with E-state index >= 15 is 0 Å². The average Bonchev–Trinajstić information content (AvgIpc) is 2.60. The molecule has 5 nitrogen and oxygen atoms in total. The van der Waals surface area contributed by atoms with Gasteiger partial charge in [-0.05, 0) is 24.6 Å². The van der Waals surface area contributed by atoms with Gasteiger partial charge in [-0.2, -0.15) is 0 Å². The van der Waals surface area contributed by atoms with Gasteiger partial charge >= 0.3 is 5.97 Å². The molecule has 1 atom stereocenters. The fraction of sp³-hybridized carbons (Fsp3) is 0.235. The van der Waals surface area contributed by atoms with Crippen molar-refractivity contribution in [2.24, 2.45) is 0 Å². The molecule has 1 amide bonds. The molecule has 2 rings (SSSR count). The van der Waals surface area contributed by atoms with E-state index < -0.39 is 11.4 Å². The molecule has 0 aliphatic heterocycles. The van der Waals surface area contributed by atoms with Crippen molar-refractivity contribution in [2.45, 2.75) is 12.3 Å². The fourth-order valence-corrected chi connectivity index (χ4v) is 2.19. The number of carbonyl (C=O) groups is 2. The van der Waals surface area contributed by atoms with E-state index in [-0.39, 0.29) is 12.5 Å². The highest BCUT2D eigenvalue weighted by atomic mass is 16.5. The molecule has 0 fully saturated rings. The topological polar surface area (TPSA) is 68.3 Å². The molecule has 5 heteroatoms. The monoisotopic (exact) mass is 298 g/mol. The molecule has 0 saturated heterocycles. The van der Waals surface area contributed by atoms with Crippen LogP contribution in [-0.4, -0.2) is 30.5 Å². The Morgan fingerprint density at radius 2 is 1.77 bits per heavy atom. The van der Waals surface area contributed by atoms with Crippen molar-refractivity contribution in [1.29, 1.82) is 0 Å². The largest absolute Gasteiger partial charge is 0.468 e. The lowest BCUT2D eigenvalue weighted by molar-refractivity contribution is -0.146. The van der Waals surface area contributed by atoms with Crippen LogP contribution >= 0.6 is 0 Å². The van der Waals surface area contributed by atoms with Gasteiger partial charge in [0.2, 0.25) is 0 Å². The second kappa shape index (κ2) is 6.85. The summed E-state index contributed by atoms with van der Waals surface area (Å²) in [6.07, 6.45) is 3.09. The summed E-state index contributed by atoms with van der Waals surface area (Å²) >= 11 is 0. The summed E-state index contributed by atoms with van der Waals surface area (Å²) in [6.45, 7) is 1.89. The number of hydrogen-bond acceptors (Lipinski definition) is 4. The molecule has 0 bridgehead atoms. The number of amides is 1. The summed E-state index contributed by atoms with van der Waals surface area (Å²) in [5.41, 5.74) is 0.339. The van der Waals surface area contributed by atoms with E-state index in [1.165, 1.54) is 7.11 Å². The Kier molecular flexibility index (Phi) is 4.88. The number of pyridine rings is 1. The third kappa shape index (κ3) is 3.31. The standard InChI is InChI=1S/C17H18N2O3/c1-17(16(21)22-2,14-6-4-3-5-7-14)12-19-15(20)13-8-10-18-11-9-13/h3-11H,12H2,1-2H3,(H,19,20)/t17-/m0/s1. The molecule has 1 N–H and O–H groups in total. The Morgan fingerprint density at radius 1 is 1.14 bits per heavy atom. The van der Waals surface area contributed by atoms with Gasteiger partial charge in [-0.15, -0.1) is 0 Å². The number of nitrogens with zero attached hydrogens (tertiary/aromatic N) is 1. The molecule has 2 aromatic rings. The van der Waals surface area contributed by atoms with Gasteiger partial charge < -0.3 is 10.1 Å². The number of carbonyl (C=O) groups excluding carboxylic acids is 2. The van der Waals surface area contributed by atoms with E-state index in [1.54, 1.807) is 31.5 Å². The zero-order chi connectivity index (χ0) is 16.0. The number of ether oxygens (including phenoxy) is 1. The van der Waals surface area contributed by atoms with Gasteiger partial charge in [0.15, 0.2) is 0 Å². The first-order valence-corrected chi connectivity index (χ1v) is 6.90. The smallest absolute Gasteiger partial charge is 0.317 e. The first kappa shape index (κ1) is 15.7. The Balaban J connectivity index is 2.18. The van der Waals surface area contributed by atoms with Gasteiger partial charge in [-0.1, -0.05) is 30.3 Å². The molecule has 22 heavy (non-hydrogen) atoms. The molecular formula is C17H18N2O3. The lowest BCUT2D eigenvalue weighted by Crippen LogP contribution is -2.45. The number of nitrogens with one attached hydrogen (secondary N) is 1. The number of aromatic nitrogens is 1. The minimum atomic E-state index is -0.946. The van der Waals surface area contributed by atoms with Crippen molar-refractivity contribution in [2.75, 3.05) is 13.7 Å². The van der Waals surface area contributed by atoms with Crippen molar-refractivity contribution in [3.05, 3.63) is 66.0 Å². The van der Waals surface area contributed by atoms with Gasteiger partial charge in [0, 0.05) is 24.5 Å². The Hall–Kier alpha value is -2.69. The van der Waals surface area contributed by atoms with E-state index in [0.29, 0.717) is 5.56 Å². The number of benzene rings is 1. The highest BCUT2D eigenvalue weighted by Gasteiger charge is 2.36. The molecule has 0 saturated carbocycles. The third-order valence-electron chi connectivity index (χ3n) is 3.59. The van der Waals surface area contributed by atoms with Gasteiger partial charge in [0.1, 0.15) is 5.41 Å². The average molecular weight is 298 g/mol. The first-order valence-electron chi connectivity index (χ1n) is 6.90. The molecule has 114 valence electrons. The predicted molar refractivity (Wildman–Crippen MR) is 82.4 cm³/mol. The first-order chi connectivity index (χ1) is 10.6. The lowest BCUT2D eigenvalue weighted by atomic mass is 9.82. The summed E-state index contributed by atoms with van der Waals surface area (Å²) in [6, 6.07) is 12.5. The number of esters is 1. The molecule has 1 aromatic carbocycles. The van der Waals surface area contributed by atoms with Gasteiger partial charge in [-0.3, -0.25) is 14.6 Å². The molecule has 0 spiro atoms.